The molecule has 1 aliphatic carbocycles. The third kappa shape index (κ3) is 2.29. The molecule has 0 atom stereocenters. The fourth-order valence-corrected chi connectivity index (χ4v) is 1.54. The van der Waals surface area contributed by atoms with Crippen LogP contribution in [0.15, 0.2) is 12.1 Å². The molecule has 0 unspecified atom stereocenters. The Morgan fingerprint density at radius 2 is 2.20 bits per heavy atom. The Kier molecular flexibility index (Phi) is 2.65. The van der Waals surface area contributed by atoms with Gasteiger partial charge in [0.1, 0.15) is 11.6 Å². The Morgan fingerprint density at radius 3 is 2.73 bits per heavy atom. The maximum Gasteiger partial charge on any atom is 0.163 e. The van der Waals surface area contributed by atoms with Crippen molar-refractivity contribution in [2.75, 3.05) is 0 Å². The first-order chi connectivity index (χ1) is 7.08. The molecule has 4 heteroatoms. The normalized spacial score (nSPS) is 15.1. The van der Waals surface area contributed by atoms with Gasteiger partial charge >= 0.3 is 0 Å². The molecule has 2 rings (SSSR count). The average Bonchev–Trinajstić information content (AvgIpc) is 2.92. The number of hydrogen-bond donors (Lipinski definition) is 0. The zero-order valence-corrected chi connectivity index (χ0v) is 8.97. The number of rotatable bonds is 3. The lowest BCUT2D eigenvalue weighted by molar-refractivity contribution is 0.101. The van der Waals surface area contributed by atoms with Crippen LogP contribution >= 0.6 is 11.6 Å². The smallest absolute Gasteiger partial charge is 0.163 e. The predicted octanol–water partition coefficient (Wildman–Crippen LogP) is 3.22. The molecule has 0 aromatic heterocycles. The van der Waals surface area contributed by atoms with Crippen LogP contribution in [0.2, 0.25) is 5.02 Å². The van der Waals surface area contributed by atoms with Crippen LogP contribution < -0.4 is 4.74 Å². The van der Waals surface area contributed by atoms with Gasteiger partial charge < -0.3 is 4.74 Å². The van der Waals surface area contributed by atoms with Crippen LogP contribution in [-0.4, -0.2) is 11.9 Å². The number of ketones is 1. The molecule has 80 valence electrons. The van der Waals surface area contributed by atoms with Crippen LogP contribution in [0.25, 0.3) is 0 Å². The fourth-order valence-electron chi connectivity index (χ4n) is 1.29. The maximum atomic E-state index is 13.0. The van der Waals surface area contributed by atoms with Crippen molar-refractivity contribution in [3.63, 3.8) is 0 Å². The van der Waals surface area contributed by atoms with Gasteiger partial charge in [-0.25, -0.2) is 4.39 Å². The second-order valence-electron chi connectivity index (χ2n) is 3.64. The standard InChI is InChI=1S/C11H10ClFO2/c1-6(14)9-4-7(13)5-10(12)11(9)15-8-2-3-8/h4-5,8H,2-3H2,1H3. The van der Waals surface area contributed by atoms with Gasteiger partial charge in [0.05, 0.1) is 16.7 Å². The molecule has 0 saturated heterocycles. The van der Waals surface area contributed by atoms with E-state index in [0.717, 1.165) is 25.0 Å². The Morgan fingerprint density at radius 1 is 1.53 bits per heavy atom. The molecular weight excluding hydrogens is 219 g/mol. The lowest BCUT2D eigenvalue weighted by Crippen LogP contribution is -2.04. The van der Waals surface area contributed by atoms with Crippen LogP contribution in [0.4, 0.5) is 4.39 Å². The number of benzene rings is 1. The fraction of sp³-hybridized carbons (Fsp3) is 0.364. The molecule has 0 spiro atoms. The van der Waals surface area contributed by atoms with Gasteiger partial charge in [0.25, 0.3) is 0 Å². The summed E-state index contributed by atoms with van der Waals surface area (Å²) in [7, 11) is 0. The highest BCUT2D eigenvalue weighted by Gasteiger charge is 2.26. The molecule has 0 aliphatic heterocycles. The summed E-state index contributed by atoms with van der Waals surface area (Å²) < 4.78 is 18.5. The summed E-state index contributed by atoms with van der Waals surface area (Å²) in [6.45, 7) is 1.37. The van der Waals surface area contributed by atoms with Gasteiger partial charge in [-0.2, -0.15) is 0 Å². The van der Waals surface area contributed by atoms with Crippen LogP contribution in [0.5, 0.6) is 5.75 Å². The molecule has 1 aromatic carbocycles. The average molecular weight is 229 g/mol. The van der Waals surface area contributed by atoms with Gasteiger partial charge in [0, 0.05) is 0 Å². The first kappa shape index (κ1) is 10.4. The van der Waals surface area contributed by atoms with E-state index in [-0.39, 0.29) is 22.5 Å². The summed E-state index contributed by atoms with van der Waals surface area (Å²) >= 11 is 5.83. The Hall–Kier alpha value is -1.09. The van der Waals surface area contributed by atoms with E-state index in [1.165, 1.54) is 6.92 Å². The zero-order chi connectivity index (χ0) is 11.0. The highest BCUT2D eigenvalue weighted by molar-refractivity contribution is 6.32. The summed E-state index contributed by atoms with van der Waals surface area (Å²) in [5, 5.41) is 0.159. The second kappa shape index (κ2) is 3.81. The number of halogens is 2. The van der Waals surface area contributed by atoms with E-state index in [0.29, 0.717) is 5.75 Å². The largest absolute Gasteiger partial charge is 0.488 e. The van der Waals surface area contributed by atoms with Gasteiger partial charge in [-0.15, -0.1) is 0 Å². The first-order valence-corrected chi connectivity index (χ1v) is 5.12. The van der Waals surface area contributed by atoms with Gasteiger partial charge in [-0.1, -0.05) is 11.6 Å². The van der Waals surface area contributed by atoms with E-state index in [1.54, 1.807) is 0 Å². The highest BCUT2D eigenvalue weighted by atomic mass is 35.5. The number of carbonyl (C=O) groups excluding carboxylic acids is 1. The molecule has 0 amide bonds. The van der Waals surface area contributed by atoms with Crippen molar-refractivity contribution in [2.24, 2.45) is 0 Å². The summed E-state index contributed by atoms with van der Waals surface area (Å²) in [5.74, 6) is -0.450. The minimum atomic E-state index is -0.520. The monoisotopic (exact) mass is 228 g/mol. The van der Waals surface area contributed by atoms with E-state index in [9.17, 15) is 9.18 Å². The van der Waals surface area contributed by atoms with Crippen molar-refractivity contribution in [3.8, 4) is 5.75 Å². The SMILES string of the molecule is CC(=O)c1cc(F)cc(Cl)c1OC1CC1. The third-order valence-electron chi connectivity index (χ3n) is 2.20. The molecule has 2 nitrogen and oxygen atoms in total. The molecule has 15 heavy (non-hydrogen) atoms. The minimum absolute atomic E-state index is 0.131. The summed E-state index contributed by atoms with van der Waals surface area (Å²) in [6, 6.07) is 2.32. The number of Topliss-reactive ketones (excluding diaryl/α,β-unsaturated/α-hetero) is 1. The lowest BCUT2D eigenvalue weighted by Gasteiger charge is -2.10. The van der Waals surface area contributed by atoms with Crippen molar-refractivity contribution in [2.45, 2.75) is 25.9 Å². The predicted molar refractivity (Wildman–Crippen MR) is 55.1 cm³/mol. The molecule has 0 N–H and O–H groups in total. The van der Waals surface area contributed by atoms with E-state index >= 15 is 0 Å². The lowest BCUT2D eigenvalue weighted by atomic mass is 10.1. The Bertz CT molecular complexity index is 413. The van der Waals surface area contributed by atoms with Crippen molar-refractivity contribution in [3.05, 3.63) is 28.5 Å². The van der Waals surface area contributed by atoms with Crippen molar-refractivity contribution in [1.82, 2.24) is 0 Å². The molecule has 1 aliphatic rings. The van der Waals surface area contributed by atoms with Crippen molar-refractivity contribution < 1.29 is 13.9 Å². The van der Waals surface area contributed by atoms with Gasteiger partial charge in [0.15, 0.2) is 5.78 Å². The molecular formula is C11H10ClFO2. The van der Waals surface area contributed by atoms with E-state index < -0.39 is 5.82 Å². The molecule has 1 fully saturated rings. The number of hydrogen-bond acceptors (Lipinski definition) is 2. The highest BCUT2D eigenvalue weighted by Crippen LogP contribution is 2.35. The van der Waals surface area contributed by atoms with E-state index in [2.05, 4.69) is 0 Å². The van der Waals surface area contributed by atoms with Crippen molar-refractivity contribution in [1.29, 1.82) is 0 Å². The van der Waals surface area contributed by atoms with E-state index in [4.69, 9.17) is 16.3 Å². The van der Waals surface area contributed by atoms with Crippen LogP contribution in [-0.2, 0) is 0 Å². The van der Waals surface area contributed by atoms with Crippen molar-refractivity contribution >= 4 is 17.4 Å². The third-order valence-corrected chi connectivity index (χ3v) is 2.48. The van der Waals surface area contributed by atoms with Crippen LogP contribution in [0, 0.1) is 5.82 Å². The van der Waals surface area contributed by atoms with Crippen LogP contribution in [0.3, 0.4) is 0 Å². The molecule has 1 saturated carbocycles. The van der Waals surface area contributed by atoms with Crippen LogP contribution in [0.1, 0.15) is 30.1 Å². The summed E-state index contributed by atoms with van der Waals surface area (Å²) in [5.41, 5.74) is 0.215. The molecule has 1 aromatic rings. The van der Waals surface area contributed by atoms with Gasteiger partial charge in [-0.3, -0.25) is 4.79 Å². The first-order valence-electron chi connectivity index (χ1n) is 4.74. The number of carbonyl (C=O) groups is 1. The summed E-state index contributed by atoms with van der Waals surface area (Å²) in [4.78, 5) is 11.3. The maximum absolute atomic E-state index is 13.0. The molecule has 0 bridgehead atoms. The second-order valence-corrected chi connectivity index (χ2v) is 4.04. The molecule has 0 radical (unpaired) electrons. The minimum Gasteiger partial charge on any atom is -0.488 e. The number of ether oxygens (including phenoxy) is 1. The van der Waals surface area contributed by atoms with E-state index in [1.807, 2.05) is 0 Å². The summed E-state index contributed by atoms with van der Waals surface area (Å²) in [6.07, 6.45) is 2.06. The van der Waals surface area contributed by atoms with Gasteiger partial charge in [-0.05, 0) is 31.9 Å². The topological polar surface area (TPSA) is 26.3 Å². The molecule has 0 heterocycles. The van der Waals surface area contributed by atoms with Gasteiger partial charge in [0.2, 0.25) is 0 Å². The zero-order valence-electron chi connectivity index (χ0n) is 8.22. The Labute approximate surface area is 92.0 Å². The quantitative estimate of drug-likeness (QED) is 0.743. The Balaban J connectivity index is 2.42.